The number of furan rings is 1. The highest BCUT2D eigenvalue weighted by molar-refractivity contribution is 9.11. The third kappa shape index (κ3) is 22.5. The summed E-state index contributed by atoms with van der Waals surface area (Å²) in [6.07, 6.45) is 4.41. The van der Waals surface area contributed by atoms with E-state index in [4.69, 9.17) is 75.0 Å². The predicted octanol–water partition coefficient (Wildman–Crippen LogP) is 27.0. The maximum absolute atomic E-state index is 11.5. The van der Waals surface area contributed by atoms with E-state index >= 15 is 0 Å². The van der Waals surface area contributed by atoms with Crippen molar-refractivity contribution in [3.63, 3.8) is 0 Å². The maximum Gasteiger partial charge on any atom is 0.295 e. The molecule has 0 aliphatic carbocycles. The van der Waals surface area contributed by atoms with Crippen LogP contribution >= 0.6 is 55.1 Å². The minimum atomic E-state index is -0.990. The van der Waals surface area contributed by atoms with Crippen molar-refractivity contribution in [1.82, 2.24) is 0 Å². The van der Waals surface area contributed by atoms with Crippen LogP contribution < -0.4 is 47.4 Å². The zero-order valence-electron chi connectivity index (χ0n) is 74.8. The predicted molar refractivity (Wildman–Crippen MR) is 526 cm³/mol. The second-order valence-corrected chi connectivity index (χ2v) is 34.0. The van der Waals surface area contributed by atoms with Crippen LogP contribution in [-0.4, -0.2) is 56.5 Å². The summed E-state index contributed by atoms with van der Waals surface area (Å²) in [5, 5.41) is 70.3. The van der Waals surface area contributed by atoms with Crippen molar-refractivity contribution in [2.24, 2.45) is 0 Å². The Balaban J connectivity index is 0.000000131. The normalized spacial score (nSPS) is 16.2. The van der Waals surface area contributed by atoms with Crippen molar-refractivity contribution in [3.05, 3.63) is 457 Å². The molecule has 6 aliphatic rings. The summed E-state index contributed by atoms with van der Waals surface area (Å²) in [7, 11) is 1.55. The molecule has 0 N–H and O–H groups in total. The summed E-state index contributed by atoms with van der Waals surface area (Å²) in [5.74, 6) is 6.07. The van der Waals surface area contributed by atoms with E-state index in [1.54, 1.807) is 153 Å². The largest absolute Gasteiger partial charge is 0.493 e. The van der Waals surface area contributed by atoms with Gasteiger partial charge in [-0.25, -0.2) is 0 Å². The van der Waals surface area contributed by atoms with E-state index in [0.29, 0.717) is 142 Å². The van der Waals surface area contributed by atoms with Crippen LogP contribution in [0, 0.1) is 95.3 Å². The van der Waals surface area contributed by atoms with Crippen LogP contribution in [0.1, 0.15) is 152 Å². The minimum absolute atomic E-state index is 0.0231. The lowest BCUT2D eigenvalue weighted by Crippen LogP contribution is -2.21. The molecule has 0 spiro atoms. The summed E-state index contributed by atoms with van der Waals surface area (Å²) in [4.78, 5) is 66.3. The Morgan fingerprint density at radius 1 is 0.336 bits per heavy atom. The van der Waals surface area contributed by atoms with Gasteiger partial charge in [-0.05, 0) is 144 Å². The van der Waals surface area contributed by atoms with Crippen LogP contribution in [-0.2, 0) is 0 Å². The Labute approximate surface area is 812 Å². The van der Waals surface area contributed by atoms with Gasteiger partial charge in [0.15, 0.2) is 51.8 Å². The number of para-hydroxylation sites is 6. The van der Waals surface area contributed by atoms with Gasteiger partial charge in [0.25, 0.3) is 34.2 Å². The zero-order valence-corrected chi connectivity index (χ0v) is 79.5. The van der Waals surface area contributed by atoms with Crippen molar-refractivity contribution in [1.29, 1.82) is 0 Å². The van der Waals surface area contributed by atoms with Crippen molar-refractivity contribution >= 4 is 102 Å². The molecule has 4 unspecified atom stereocenters. The van der Waals surface area contributed by atoms with Gasteiger partial charge < -0.3 is 51.8 Å². The SMILES string of the molecule is CCOc1cccc2c1OC(c1ccc(C)cc1)C([N+](=O)[O-])=C2.CCOc1cccc2c1O[C@@H](c1ccc(C)cc1)C([N+](=O)[O-])=C2.CCOc1cccc2c1O[C@H](c1ccc(C)cc1)C([N+](=O)[O-])=C2.COc1cccc2c1OC(c1cc(C)ccc1C)C([N+](=O)[O-])=C2.O=[N+]([O-])C1=Cc2cc(Br)cc(Br)c2OC1c1c(Cl)cccc1Cl.O=[N+]([O-])C1=Cc2ccccc2OC1c1cc2ccccc2o1. The van der Waals surface area contributed by atoms with E-state index in [2.05, 4.69) is 31.9 Å². The summed E-state index contributed by atoms with van der Waals surface area (Å²) < 4.78 is 64.9. The number of aryl methyl sites for hydroxylation is 5. The molecular formula is C104H86Br2Cl2N6O23. The molecule has 0 fully saturated rings. The van der Waals surface area contributed by atoms with E-state index < -0.39 is 46.5 Å². The van der Waals surface area contributed by atoms with Crippen molar-refractivity contribution < 1.29 is 81.3 Å². The number of hydrogen-bond acceptors (Lipinski definition) is 23. The first kappa shape index (κ1) is 97.6. The molecule has 19 rings (SSSR count). The number of ether oxygens (including phenoxy) is 10. The fourth-order valence-electron chi connectivity index (χ4n) is 15.5. The lowest BCUT2D eigenvalue weighted by molar-refractivity contribution is -0.435. The maximum atomic E-state index is 11.5. The number of rotatable bonds is 19. The third-order valence-electron chi connectivity index (χ3n) is 22.1. The molecule has 0 amide bonds. The summed E-state index contributed by atoms with van der Waals surface area (Å²) in [6.45, 7) is 17.0. The number of nitro groups is 6. The minimum Gasteiger partial charge on any atom is -0.493 e. The van der Waals surface area contributed by atoms with Gasteiger partial charge in [-0.3, -0.25) is 60.7 Å². The van der Waals surface area contributed by atoms with Crippen LogP contribution in [0.3, 0.4) is 0 Å². The molecular weight excluding hydrogens is 1930 g/mol. The van der Waals surface area contributed by atoms with Crippen LogP contribution in [0.15, 0.2) is 296 Å². The van der Waals surface area contributed by atoms with Crippen LogP contribution in [0.25, 0.3) is 47.4 Å². The van der Waals surface area contributed by atoms with Gasteiger partial charge in [0.2, 0.25) is 36.6 Å². The fourth-order valence-corrected chi connectivity index (χ4v) is 17.4. The number of methoxy groups -OCH3 is 1. The molecule has 12 aromatic carbocycles. The van der Waals surface area contributed by atoms with Crippen LogP contribution in [0.5, 0.6) is 57.5 Å². The highest BCUT2D eigenvalue weighted by Gasteiger charge is 2.42. The first-order valence-electron chi connectivity index (χ1n) is 42.8. The number of hydrogen-bond donors (Lipinski definition) is 0. The van der Waals surface area contributed by atoms with Crippen molar-refractivity contribution in [2.75, 3.05) is 26.9 Å². The van der Waals surface area contributed by atoms with Crippen LogP contribution in [0.2, 0.25) is 10.0 Å². The Morgan fingerprint density at radius 2 is 0.686 bits per heavy atom. The van der Waals surface area contributed by atoms with Gasteiger partial charge in [-0.1, -0.05) is 243 Å². The van der Waals surface area contributed by atoms with Gasteiger partial charge in [0.05, 0.1) is 60.9 Å². The highest BCUT2D eigenvalue weighted by Crippen LogP contribution is 2.51. The Bertz CT molecular complexity index is 6650. The second kappa shape index (κ2) is 43.7. The Kier molecular flexibility index (Phi) is 31.1. The Morgan fingerprint density at radius 3 is 1.12 bits per heavy atom. The van der Waals surface area contributed by atoms with E-state index in [1.807, 2.05) is 183 Å². The quantitative estimate of drug-likeness (QED) is 0.0536. The van der Waals surface area contributed by atoms with E-state index in [0.717, 1.165) is 59.9 Å². The highest BCUT2D eigenvalue weighted by atomic mass is 79.9. The first-order chi connectivity index (χ1) is 65.9. The van der Waals surface area contributed by atoms with E-state index in [-0.39, 0.29) is 53.9 Å². The molecule has 0 saturated carbocycles. The molecule has 0 radical (unpaired) electrons. The molecule has 698 valence electrons. The van der Waals surface area contributed by atoms with Gasteiger partial charge >= 0.3 is 0 Å². The number of nitrogens with zero attached hydrogens (tertiary/aromatic N) is 6. The average molecular weight is 2020 g/mol. The number of benzene rings is 12. The molecule has 137 heavy (non-hydrogen) atoms. The zero-order chi connectivity index (χ0) is 97.6. The molecule has 29 nitrogen and oxygen atoms in total. The lowest BCUT2D eigenvalue weighted by atomic mass is 9.96. The standard InChI is InChI=1S/4C18H17NO4.C17H11NO4.C15H7Br2Cl2NO3/c1-11-7-8-12(2)14(9-11)18-15(19(20)21)10-13-5-4-6-16(22-3)17(13)23-18;3*1-3-22-16-6-4-5-14-11-15(19(20)21)17(23-18(14)16)13-9-7-12(2)8-10-13;19-18(20)13-9-11-5-1-4-8-15(11)22-17(13)16-10-12-6-2-3-7-14(12)21-16;16-8-4-7-5-12(20(21)22)15(23-14(7)9(17)6-8)13-10(18)2-1-3-11(13)19/h4-10,18H,1-3H3;3*4-11,17H,3H2,1-2H3;1-10,17H;1-6,15H/t;2*17-;;;/m.10.../s1. The van der Waals surface area contributed by atoms with Gasteiger partial charge in [-0.15, -0.1) is 0 Å². The molecule has 1 aromatic heterocycles. The monoisotopic (exact) mass is 2010 g/mol. The number of halogens is 4. The molecule has 6 atom stereocenters. The van der Waals surface area contributed by atoms with Crippen molar-refractivity contribution in [2.45, 2.75) is 92.0 Å². The summed E-state index contributed by atoms with van der Waals surface area (Å²) in [5.41, 5.74) is 13.2. The molecule has 13 aromatic rings. The fraction of sp³-hybridized carbons (Fsp3) is 0.173. The van der Waals surface area contributed by atoms with E-state index in [9.17, 15) is 60.7 Å². The molecule has 0 saturated heterocycles. The second-order valence-electron chi connectivity index (χ2n) is 31.4. The van der Waals surface area contributed by atoms with Gasteiger partial charge in [0, 0.05) is 118 Å². The number of fused-ring (bicyclic) bond motifs is 7. The molecule has 33 heteroatoms. The summed E-state index contributed by atoms with van der Waals surface area (Å²) >= 11 is 19.1. The van der Waals surface area contributed by atoms with E-state index in [1.165, 1.54) is 12.2 Å². The molecule has 6 aliphatic heterocycles. The molecule has 0 bridgehead atoms. The van der Waals surface area contributed by atoms with Gasteiger partial charge in [-0.2, -0.15) is 0 Å². The first-order valence-corrected chi connectivity index (χ1v) is 45.1. The smallest absolute Gasteiger partial charge is 0.295 e. The third-order valence-corrected chi connectivity index (χ3v) is 23.8. The van der Waals surface area contributed by atoms with Crippen molar-refractivity contribution in [3.8, 4) is 57.5 Å². The Hall–Kier alpha value is -15.4. The average Bonchev–Trinajstić information content (AvgIpc) is 1.64. The topological polar surface area (TPSA) is 364 Å². The molecule has 7 heterocycles. The van der Waals surface area contributed by atoms with Gasteiger partial charge in [0.1, 0.15) is 17.1 Å². The summed E-state index contributed by atoms with van der Waals surface area (Å²) in [6, 6.07) is 74.9. The lowest BCUT2D eigenvalue weighted by Gasteiger charge is -2.25. The van der Waals surface area contributed by atoms with Crippen LogP contribution in [0.4, 0.5) is 0 Å².